The Labute approximate surface area is 170 Å². The molecule has 154 valence electrons. The van der Waals surface area contributed by atoms with Crippen LogP contribution in [0.3, 0.4) is 0 Å². The van der Waals surface area contributed by atoms with Gasteiger partial charge in [-0.2, -0.15) is 0 Å². The molecule has 1 atom stereocenters. The second-order valence-electron chi connectivity index (χ2n) is 7.36. The minimum atomic E-state index is -0.839. The summed E-state index contributed by atoms with van der Waals surface area (Å²) in [7, 11) is 1.57. The average Bonchev–Trinajstić information content (AvgIpc) is 2.75. The van der Waals surface area contributed by atoms with E-state index in [9.17, 15) is 14.0 Å². The lowest BCUT2D eigenvalue weighted by molar-refractivity contribution is -0.158. The summed E-state index contributed by atoms with van der Waals surface area (Å²) in [5.41, 5.74) is 0.555. The molecular formula is C23H26FNO4. The summed E-state index contributed by atoms with van der Waals surface area (Å²) >= 11 is 0. The highest BCUT2D eigenvalue weighted by Gasteiger charge is 2.44. The van der Waals surface area contributed by atoms with Crippen molar-refractivity contribution in [3.05, 3.63) is 65.5 Å². The lowest BCUT2D eigenvalue weighted by Gasteiger charge is -2.41. The summed E-state index contributed by atoms with van der Waals surface area (Å²) in [6.45, 7) is 2.90. The molecule has 0 N–H and O–H groups in total. The van der Waals surface area contributed by atoms with Crippen LogP contribution in [0.5, 0.6) is 5.75 Å². The molecule has 2 aromatic rings. The third kappa shape index (κ3) is 4.75. The molecule has 1 saturated heterocycles. The van der Waals surface area contributed by atoms with E-state index < -0.39 is 5.41 Å². The van der Waals surface area contributed by atoms with Gasteiger partial charge in [0.15, 0.2) is 0 Å². The maximum Gasteiger partial charge on any atom is 0.314 e. The Bertz CT molecular complexity index is 850. The standard InChI is InChI=1S/C23H26FNO4/c1-3-29-22(27)23(15-17-5-9-19(24)10-6-17)13-4-14-25(16-23)21(26)18-7-11-20(28-2)12-8-18/h5-12H,3-4,13-16H2,1-2H3. The molecule has 1 unspecified atom stereocenters. The van der Waals surface area contributed by atoms with Gasteiger partial charge in [0.2, 0.25) is 0 Å². The second-order valence-corrected chi connectivity index (χ2v) is 7.36. The summed E-state index contributed by atoms with van der Waals surface area (Å²) < 4.78 is 23.8. The van der Waals surface area contributed by atoms with E-state index in [1.165, 1.54) is 12.1 Å². The Balaban J connectivity index is 1.84. The third-order valence-corrected chi connectivity index (χ3v) is 5.37. The quantitative estimate of drug-likeness (QED) is 0.692. The molecule has 1 aliphatic heterocycles. The number of halogens is 1. The van der Waals surface area contributed by atoms with Crippen LogP contribution < -0.4 is 4.74 Å². The van der Waals surface area contributed by atoms with E-state index in [1.54, 1.807) is 55.3 Å². The number of likely N-dealkylation sites (tertiary alicyclic amines) is 1. The minimum absolute atomic E-state index is 0.125. The Morgan fingerprint density at radius 1 is 1.10 bits per heavy atom. The summed E-state index contributed by atoms with van der Waals surface area (Å²) in [5, 5.41) is 0. The first-order valence-electron chi connectivity index (χ1n) is 9.82. The largest absolute Gasteiger partial charge is 0.497 e. The van der Waals surface area contributed by atoms with Gasteiger partial charge < -0.3 is 14.4 Å². The van der Waals surface area contributed by atoms with E-state index in [-0.39, 0.29) is 30.8 Å². The summed E-state index contributed by atoms with van der Waals surface area (Å²) in [6, 6.07) is 13.1. The monoisotopic (exact) mass is 399 g/mol. The maximum absolute atomic E-state index is 13.3. The molecule has 1 heterocycles. The van der Waals surface area contributed by atoms with Crippen molar-refractivity contribution in [2.75, 3.05) is 26.8 Å². The van der Waals surface area contributed by atoms with E-state index in [4.69, 9.17) is 9.47 Å². The molecule has 29 heavy (non-hydrogen) atoms. The van der Waals surface area contributed by atoms with Gasteiger partial charge in [-0.3, -0.25) is 9.59 Å². The molecule has 1 amide bonds. The van der Waals surface area contributed by atoms with Crippen molar-refractivity contribution in [2.45, 2.75) is 26.2 Å². The Morgan fingerprint density at radius 3 is 2.41 bits per heavy atom. The topological polar surface area (TPSA) is 55.8 Å². The van der Waals surface area contributed by atoms with E-state index in [2.05, 4.69) is 0 Å². The number of hydrogen-bond acceptors (Lipinski definition) is 4. The van der Waals surface area contributed by atoms with Gasteiger partial charge in [-0.25, -0.2) is 4.39 Å². The molecule has 0 spiro atoms. The number of ether oxygens (including phenoxy) is 2. The van der Waals surface area contributed by atoms with Crippen LogP contribution in [0.1, 0.15) is 35.7 Å². The molecule has 0 aromatic heterocycles. The SMILES string of the molecule is CCOC(=O)C1(Cc2ccc(F)cc2)CCCN(C(=O)c2ccc(OC)cc2)C1. The minimum Gasteiger partial charge on any atom is -0.497 e. The number of hydrogen-bond donors (Lipinski definition) is 0. The molecule has 1 fully saturated rings. The van der Waals surface area contributed by atoms with Crippen LogP contribution in [-0.4, -0.2) is 43.6 Å². The van der Waals surface area contributed by atoms with Crippen molar-refractivity contribution in [2.24, 2.45) is 5.41 Å². The number of piperidine rings is 1. The van der Waals surface area contributed by atoms with Gasteiger partial charge in [0, 0.05) is 18.7 Å². The Morgan fingerprint density at radius 2 is 1.79 bits per heavy atom. The summed E-state index contributed by atoms with van der Waals surface area (Å²) in [6.07, 6.45) is 1.72. The predicted molar refractivity (Wildman–Crippen MR) is 107 cm³/mol. The lowest BCUT2D eigenvalue weighted by Crippen LogP contribution is -2.51. The van der Waals surface area contributed by atoms with E-state index in [0.717, 1.165) is 5.56 Å². The van der Waals surface area contributed by atoms with Gasteiger partial charge in [0.25, 0.3) is 5.91 Å². The fourth-order valence-electron chi connectivity index (χ4n) is 3.88. The van der Waals surface area contributed by atoms with Crippen LogP contribution in [0.4, 0.5) is 4.39 Å². The molecule has 3 rings (SSSR count). The van der Waals surface area contributed by atoms with Crippen LogP contribution in [0.2, 0.25) is 0 Å². The normalized spacial score (nSPS) is 18.9. The van der Waals surface area contributed by atoms with Crippen molar-refractivity contribution in [1.29, 1.82) is 0 Å². The molecule has 0 bridgehead atoms. The number of amides is 1. The predicted octanol–water partition coefficient (Wildman–Crippen LogP) is 3.86. The van der Waals surface area contributed by atoms with Gasteiger partial charge in [-0.15, -0.1) is 0 Å². The van der Waals surface area contributed by atoms with E-state index in [0.29, 0.717) is 37.1 Å². The third-order valence-electron chi connectivity index (χ3n) is 5.37. The highest BCUT2D eigenvalue weighted by atomic mass is 19.1. The van der Waals surface area contributed by atoms with E-state index >= 15 is 0 Å². The molecule has 0 radical (unpaired) electrons. The number of nitrogens with zero attached hydrogens (tertiary/aromatic N) is 1. The van der Waals surface area contributed by atoms with Crippen molar-refractivity contribution in [3.8, 4) is 5.75 Å². The zero-order valence-electron chi connectivity index (χ0n) is 16.8. The van der Waals surface area contributed by atoms with Crippen molar-refractivity contribution >= 4 is 11.9 Å². The van der Waals surface area contributed by atoms with Crippen molar-refractivity contribution in [1.82, 2.24) is 4.90 Å². The summed E-state index contributed by atoms with van der Waals surface area (Å²) in [5.74, 6) is -0.0760. The lowest BCUT2D eigenvalue weighted by atomic mass is 9.75. The molecular weight excluding hydrogens is 373 g/mol. The van der Waals surface area contributed by atoms with Crippen molar-refractivity contribution < 1.29 is 23.5 Å². The zero-order chi connectivity index (χ0) is 20.9. The first-order chi connectivity index (χ1) is 14.0. The fourth-order valence-corrected chi connectivity index (χ4v) is 3.88. The van der Waals surface area contributed by atoms with Crippen molar-refractivity contribution in [3.63, 3.8) is 0 Å². The highest BCUT2D eigenvalue weighted by molar-refractivity contribution is 5.95. The first-order valence-corrected chi connectivity index (χ1v) is 9.82. The van der Waals surface area contributed by atoms with Gasteiger partial charge in [0.1, 0.15) is 11.6 Å². The molecule has 2 aromatic carbocycles. The first kappa shape index (κ1) is 20.8. The van der Waals surface area contributed by atoms with Gasteiger partial charge in [-0.1, -0.05) is 12.1 Å². The maximum atomic E-state index is 13.3. The molecule has 6 heteroatoms. The number of rotatable bonds is 6. The van der Waals surface area contributed by atoms with E-state index in [1.807, 2.05) is 0 Å². The van der Waals surface area contributed by atoms with Crippen LogP contribution in [0.25, 0.3) is 0 Å². The number of carbonyl (C=O) groups is 2. The summed E-state index contributed by atoms with van der Waals surface area (Å²) in [4.78, 5) is 27.7. The Kier molecular flexibility index (Phi) is 6.52. The molecule has 5 nitrogen and oxygen atoms in total. The van der Waals surface area contributed by atoms with Gasteiger partial charge >= 0.3 is 5.97 Å². The van der Waals surface area contributed by atoms with Crippen LogP contribution in [0.15, 0.2) is 48.5 Å². The smallest absolute Gasteiger partial charge is 0.314 e. The molecule has 0 saturated carbocycles. The number of carbonyl (C=O) groups excluding carboxylic acids is 2. The van der Waals surface area contributed by atoms with Gasteiger partial charge in [0.05, 0.1) is 19.1 Å². The number of benzene rings is 2. The second kappa shape index (κ2) is 9.07. The average molecular weight is 399 g/mol. The van der Waals surface area contributed by atoms with Gasteiger partial charge in [-0.05, 0) is 68.1 Å². The fraction of sp³-hybridized carbons (Fsp3) is 0.391. The zero-order valence-corrected chi connectivity index (χ0v) is 16.8. The number of esters is 1. The van der Waals surface area contributed by atoms with Crippen LogP contribution in [0, 0.1) is 11.2 Å². The Hall–Kier alpha value is -2.89. The highest BCUT2D eigenvalue weighted by Crippen LogP contribution is 2.36. The van der Waals surface area contributed by atoms with Crippen LogP contribution >= 0.6 is 0 Å². The van der Waals surface area contributed by atoms with Crippen LogP contribution in [-0.2, 0) is 16.0 Å². The molecule has 1 aliphatic rings. The number of methoxy groups -OCH3 is 1. The molecule has 0 aliphatic carbocycles.